The van der Waals surface area contributed by atoms with Gasteiger partial charge in [0, 0.05) is 17.6 Å². The van der Waals surface area contributed by atoms with Crippen LogP contribution in [-0.2, 0) is 0 Å². The van der Waals surface area contributed by atoms with Gasteiger partial charge in [0.25, 0.3) is 5.91 Å². The highest BCUT2D eigenvalue weighted by atomic mass is 35.5. The average molecular weight is 371 g/mol. The molecule has 1 heterocycles. The molecule has 2 unspecified atom stereocenters. The molecule has 142 valence electrons. The van der Waals surface area contributed by atoms with Gasteiger partial charge in [-0.05, 0) is 57.4 Å². The number of carbonyl (C=O) groups excluding carboxylic acids is 1. The van der Waals surface area contributed by atoms with Crippen LogP contribution in [-0.4, -0.2) is 37.7 Å². The third-order valence-corrected chi connectivity index (χ3v) is 4.09. The van der Waals surface area contributed by atoms with Crippen LogP contribution in [0.25, 0.3) is 0 Å². The van der Waals surface area contributed by atoms with E-state index >= 15 is 0 Å². The van der Waals surface area contributed by atoms with Crippen LogP contribution in [0.3, 0.4) is 0 Å². The first-order valence-electron chi connectivity index (χ1n) is 9.07. The first-order valence-corrected chi connectivity index (χ1v) is 9.07. The Hall–Kier alpha value is -1.46. The highest BCUT2D eigenvalue weighted by molar-refractivity contribution is 5.95. The topological polar surface area (TPSA) is 59.6 Å². The van der Waals surface area contributed by atoms with E-state index in [1.807, 2.05) is 12.1 Å². The van der Waals surface area contributed by atoms with E-state index in [1.54, 1.807) is 6.07 Å². The van der Waals surface area contributed by atoms with E-state index < -0.39 is 0 Å². The summed E-state index contributed by atoms with van der Waals surface area (Å²) in [5.74, 6) is 1.31. The third kappa shape index (κ3) is 6.75. The highest BCUT2D eigenvalue weighted by Crippen LogP contribution is 2.29. The van der Waals surface area contributed by atoms with Gasteiger partial charge in [-0.15, -0.1) is 12.4 Å². The molecule has 25 heavy (non-hydrogen) atoms. The van der Waals surface area contributed by atoms with Gasteiger partial charge in [0.1, 0.15) is 0 Å². The Kier molecular flexibility index (Phi) is 9.68. The van der Waals surface area contributed by atoms with E-state index in [2.05, 4.69) is 31.4 Å². The van der Waals surface area contributed by atoms with Gasteiger partial charge in [-0.25, -0.2) is 0 Å². The van der Waals surface area contributed by atoms with Gasteiger partial charge in [-0.3, -0.25) is 4.79 Å². The molecule has 1 aliphatic heterocycles. The molecule has 1 aliphatic rings. The van der Waals surface area contributed by atoms with E-state index in [0.717, 1.165) is 32.2 Å². The molecule has 2 rings (SSSR count). The predicted molar refractivity (Wildman–Crippen MR) is 103 cm³/mol. The molecule has 1 aromatic rings. The Morgan fingerprint density at radius 3 is 2.52 bits per heavy atom. The minimum atomic E-state index is -0.0440. The molecule has 1 fully saturated rings. The third-order valence-electron chi connectivity index (χ3n) is 4.09. The lowest BCUT2D eigenvalue weighted by molar-refractivity contribution is 0.0925. The lowest BCUT2D eigenvalue weighted by Crippen LogP contribution is -2.46. The number of amides is 1. The van der Waals surface area contributed by atoms with Crippen molar-refractivity contribution in [1.82, 2.24) is 10.6 Å². The van der Waals surface area contributed by atoms with Crippen molar-refractivity contribution in [3.63, 3.8) is 0 Å². The lowest BCUT2D eigenvalue weighted by atomic mass is 10.00. The van der Waals surface area contributed by atoms with Gasteiger partial charge in [-0.2, -0.15) is 0 Å². The molecule has 5 nitrogen and oxygen atoms in total. The van der Waals surface area contributed by atoms with Crippen LogP contribution in [0, 0.1) is 0 Å². The van der Waals surface area contributed by atoms with E-state index in [1.165, 1.54) is 0 Å². The second kappa shape index (κ2) is 11.2. The molecule has 0 aromatic heterocycles. The fraction of sp³-hybridized carbons (Fsp3) is 0.632. The van der Waals surface area contributed by atoms with Crippen LogP contribution in [0.2, 0.25) is 0 Å². The fourth-order valence-electron chi connectivity index (χ4n) is 2.84. The first kappa shape index (κ1) is 21.6. The predicted octanol–water partition coefficient (Wildman–Crippen LogP) is 3.56. The van der Waals surface area contributed by atoms with Crippen LogP contribution in [0.15, 0.2) is 18.2 Å². The second-order valence-electron chi connectivity index (χ2n) is 6.41. The van der Waals surface area contributed by atoms with Crippen molar-refractivity contribution in [3.8, 4) is 11.5 Å². The van der Waals surface area contributed by atoms with Gasteiger partial charge in [0.2, 0.25) is 0 Å². The number of halogens is 1. The Bertz CT molecular complexity index is 539. The number of carbonyl (C=O) groups is 1. The number of benzene rings is 1. The van der Waals surface area contributed by atoms with E-state index in [9.17, 15) is 4.79 Å². The zero-order chi connectivity index (χ0) is 17.4. The van der Waals surface area contributed by atoms with E-state index in [0.29, 0.717) is 36.3 Å². The number of hydrogen-bond donors (Lipinski definition) is 2. The molecule has 0 bridgehead atoms. The molecule has 2 atom stereocenters. The van der Waals surface area contributed by atoms with Gasteiger partial charge in [0.05, 0.1) is 13.2 Å². The number of ether oxygens (including phenoxy) is 2. The van der Waals surface area contributed by atoms with Crippen LogP contribution in [0.5, 0.6) is 11.5 Å². The average Bonchev–Trinajstić information content (AvgIpc) is 2.58. The molecule has 0 spiro atoms. The molecule has 1 aromatic carbocycles. The van der Waals surface area contributed by atoms with Crippen molar-refractivity contribution in [2.24, 2.45) is 0 Å². The fourth-order valence-corrected chi connectivity index (χ4v) is 2.84. The van der Waals surface area contributed by atoms with E-state index in [4.69, 9.17) is 9.47 Å². The summed E-state index contributed by atoms with van der Waals surface area (Å²) in [5.41, 5.74) is 0.621. The SMILES string of the molecule is CCCOc1ccc(C(=O)NC2CCNC(C)C2)cc1OCCC.Cl. The molecule has 1 amide bonds. The van der Waals surface area contributed by atoms with Crippen molar-refractivity contribution in [2.45, 2.75) is 58.5 Å². The van der Waals surface area contributed by atoms with Crippen molar-refractivity contribution in [1.29, 1.82) is 0 Å². The number of piperidine rings is 1. The Labute approximate surface area is 157 Å². The van der Waals surface area contributed by atoms with Crippen LogP contribution >= 0.6 is 12.4 Å². The number of rotatable bonds is 8. The summed E-state index contributed by atoms with van der Waals surface area (Å²) < 4.78 is 11.5. The summed E-state index contributed by atoms with van der Waals surface area (Å²) in [5, 5.41) is 6.53. The lowest BCUT2D eigenvalue weighted by Gasteiger charge is -2.28. The summed E-state index contributed by atoms with van der Waals surface area (Å²) >= 11 is 0. The summed E-state index contributed by atoms with van der Waals surface area (Å²) in [7, 11) is 0. The highest BCUT2D eigenvalue weighted by Gasteiger charge is 2.21. The van der Waals surface area contributed by atoms with Crippen molar-refractivity contribution < 1.29 is 14.3 Å². The summed E-state index contributed by atoms with van der Waals surface area (Å²) in [6.07, 6.45) is 3.77. The second-order valence-corrected chi connectivity index (χ2v) is 6.41. The standard InChI is InChI=1S/C19H30N2O3.ClH/c1-4-10-23-17-7-6-15(13-18(17)24-11-5-2)19(22)21-16-8-9-20-14(3)12-16;/h6-7,13-14,16,20H,4-5,8-12H2,1-3H3,(H,21,22);1H. The Morgan fingerprint density at radius 2 is 1.88 bits per heavy atom. The zero-order valence-electron chi connectivity index (χ0n) is 15.5. The van der Waals surface area contributed by atoms with Gasteiger partial charge in [0.15, 0.2) is 11.5 Å². The zero-order valence-corrected chi connectivity index (χ0v) is 16.3. The first-order chi connectivity index (χ1) is 11.6. The normalized spacial score (nSPS) is 19.6. The van der Waals surface area contributed by atoms with Gasteiger partial charge >= 0.3 is 0 Å². The Morgan fingerprint density at radius 1 is 1.20 bits per heavy atom. The maximum Gasteiger partial charge on any atom is 0.251 e. The minimum Gasteiger partial charge on any atom is -0.490 e. The van der Waals surface area contributed by atoms with Crippen LogP contribution in [0.4, 0.5) is 0 Å². The summed E-state index contributed by atoms with van der Waals surface area (Å²) in [6.45, 7) is 8.46. The maximum absolute atomic E-state index is 12.5. The molecule has 0 aliphatic carbocycles. The van der Waals surface area contributed by atoms with Gasteiger partial charge in [-0.1, -0.05) is 13.8 Å². The largest absolute Gasteiger partial charge is 0.490 e. The minimum absolute atomic E-state index is 0. The Balaban J connectivity index is 0.00000312. The monoisotopic (exact) mass is 370 g/mol. The molecular formula is C19H31ClN2O3. The van der Waals surface area contributed by atoms with Crippen LogP contribution in [0.1, 0.15) is 56.8 Å². The van der Waals surface area contributed by atoms with Crippen LogP contribution < -0.4 is 20.1 Å². The molecule has 0 radical (unpaired) electrons. The number of nitrogens with one attached hydrogen (secondary N) is 2. The summed E-state index contributed by atoms with van der Waals surface area (Å²) in [4.78, 5) is 12.5. The molecule has 6 heteroatoms. The summed E-state index contributed by atoms with van der Waals surface area (Å²) in [6, 6.07) is 6.10. The molecule has 1 saturated heterocycles. The van der Waals surface area contributed by atoms with Crippen molar-refractivity contribution in [2.75, 3.05) is 19.8 Å². The quantitative estimate of drug-likeness (QED) is 0.734. The molecular weight excluding hydrogens is 340 g/mol. The number of hydrogen-bond acceptors (Lipinski definition) is 4. The molecule has 2 N–H and O–H groups in total. The smallest absolute Gasteiger partial charge is 0.251 e. The van der Waals surface area contributed by atoms with E-state index in [-0.39, 0.29) is 24.4 Å². The van der Waals surface area contributed by atoms with Crippen molar-refractivity contribution >= 4 is 18.3 Å². The molecule has 0 saturated carbocycles. The maximum atomic E-state index is 12.5. The van der Waals surface area contributed by atoms with Gasteiger partial charge < -0.3 is 20.1 Å². The van der Waals surface area contributed by atoms with Crippen molar-refractivity contribution in [3.05, 3.63) is 23.8 Å².